The molecule has 6 nitrogen and oxygen atoms in total. The maximum absolute atomic E-state index is 12.5. The van der Waals surface area contributed by atoms with Gasteiger partial charge in [-0.3, -0.25) is 14.9 Å². The Morgan fingerprint density at radius 3 is 2.66 bits per heavy atom. The van der Waals surface area contributed by atoms with E-state index in [1.54, 1.807) is 17.0 Å². The van der Waals surface area contributed by atoms with E-state index >= 15 is 0 Å². The molecule has 8 heteroatoms. The molecule has 1 aliphatic heterocycles. The van der Waals surface area contributed by atoms with Gasteiger partial charge in [-0.15, -0.1) is 10.2 Å². The minimum absolute atomic E-state index is 0.0235. The highest BCUT2D eigenvalue weighted by Gasteiger charge is 2.34. The number of hydrogen-bond acceptors (Lipinski definition) is 5. The molecule has 1 atom stereocenters. The second kappa shape index (κ2) is 7.93. The second-order valence-corrected chi connectivity index (χ2v) is 8.52. The van der Waals surface area contributed by atoms with E-state index in [2.05, 4.69) is 15.5 Å². The number of rotatable bonds is 4. The van der Waals surface area contributed by atoms with Crippen molar-refractivity contribution in [3.05, 3.63) is 69.2 Å². The summed E-state index contributed by atoms with van der Waals surface area (Å²) in [7, 11) is 0. The molecule has 4 rings (SSSR count). The monoisotopic (exact) mass is 426 g/mol. The van der Waals surface area contributed by atoms with Crippen LogP contribution in [0.15, 0.2) is 42.5 Å². The first-order valence-electron chi connectivity index (χ1n) is 9.18. The van der Waals surface area contributed by atoms with Crippen LogP contribution in [-0.4, -0.2) is 28.6 Å². The van der Waals surface area contributed by atoms with E-state index in [1.807, 2.05) is 44.2 Å². The molecule has 3 aromatic rings. The highest BCUT2D eigenvalue weighted by molar-refractivity contribution is 7.15. The zero-order chi connectivity index (χ0) is 20.5. The molecule has 1 unspecified atom stereocenters. The van der Waals surface area contributed by atoms with Crippen molar-refractivity contribution in [3.63, 3.8) is 0 Å². The third kappa shape index (κ3) is 4.16. The number of carbonyl (C=O) groups excluding carboxylic acids is 2. The number of nitrogens with one attached hydrogen (secondary N) is 1. The van der Waals surface area contributed by atoms with E-state index in [4.69, 9.17) is 11.6 Å². The van der Waals surface area contributed by atoms with Gasteiger partial charge in [-0.1, -0.05) is 46.7 Å². The molecule has 0 spiro atoms. The average Bonchev–Trinajstić information content (AvgIpc) is 3.31. The van der Waals surface area contributed by atoms with Crippen molar-refractivity contribution < 1.29 is 9.59 Å². The van der Waals surface area contributed by atoms with Crippen molar-refractivity contribution in [1.29, 1.82) is 0 Å². The standard InChI is InChI=1S/C21H19ClN4O2S/c1-12-3-6-14(7-4-12)19(28)23-21-25-24-20(29-21)15-9-18(27)26(11-15)16-8-5-13(2)17(22)10-16/h3-8,10,15H,9,11H2,1-2H3,(H,23,25,28). The summed E-state index contributed by atoms with van der Waals surface area (Å²) in [4.78, 5) is 26.6. The second-order valence-electron chi connectivity index (χ2n) is 7.10. The topological polar surface area (TPSA) is 75.2 Å². The van der Waals surface area contributed by atoms with Gasteiger partial charge in [0, 0.05) is 35.2 Å². The van der Waals surface area contributed by atoms with Crippen molar-refractivity contribution in [3.8, 4) is 0 Å². The summed E-state index contributed by atoms with van der Waals surface area (Å²) in [5.41, 5.74) is 3.40. The molecule has 1 fully saturated rings. The Bertz CT molecular complexity index is 1080. The third-order valence-electron chi connectivity index (χ3n) is 4.92. The third-order valence-corrected chi connectivity index (χ3v) is 6.32. The number of aryl methyl sites for hydroxylation is 2. The quantitative estimate of drug-likeness (QED) is 0.662. The van der Waals surface area contributed by atoms with Crippen LogP contribution in [0.2, 0.25) is 5.02 Å². The first-order chi connectivity index (χ1) is 13.9. The van der Waals surface area contributed by atoms with Gasteiger partial charge in [0.2, 0.25) is 11.0 Å². The summed E-state index contributed by atoms with van der Waals surface area (Å²) >= 11 is 7.51. The van der Waals surface area contributed by atoms with Gasteiger partial charge in [0.15, 0.2) is 0 Å². The van der Waals surface area contributed by atoms with Gasteiger partial charge < -0.3 is 4.90 Å². The number of anilines is 2. The predicted molar refractivity (Wildman–Crippen MR) is 115 cm³/mol. The summed E-state index contributed by atoms with van der Waals surface area (Å²) in [6.07, 6.45) is 0.353. The molecule has 2 amide bonds. The molecule has 1 aromatic heterocycles. The van der Waals surface area contributed by atoms with Gasteiger partial charge in [0.05, 0.1) is 0 Å². The minimum Gasteiger partial charge on any atom is -0.312 e. The van der Waals surface area contributed by atoms with E-state index in [0.29, 0.717) is 28.7 Å². The van der Waals surface area contributed by atoms with Crippen LogP contribution >= 0.6 is 22.9 Å². The summed E-state index contributed by atoms with van der Waals surface area (Å²) in [6, 6.07) is 12.9. The van der Waals surface area contributed by atoms with Crippen LogP contribution in [0.4, 0.5) is 10.8 Å². The van der Waals surface area contributed by atoms with Crippen LogP contribution in [0.25, 0.3) is 0 Å². The van der Waals surface area contributed by atoms with Gasteiger partial charge in [0.25, 0.3) is 5.91 Å². The van der Waals surface area contributed by atoms with Crippen molar-refractivity contribution in [2.45, 2.75) is 26.2 Å². The van der Waals surface area contributed by atoms with Crippen LogP contribution in [-0.2, 0) is 4.79 Å². The smallest absolute Gasteiger partial charge is 0.257 e. The fourth-order valence-electron chi connectivity index (χ4n) is 3.20. The Morgan fingerprint density at radius 1 is 1.17 bits per heavy atom. The van der Waals surface area contributed by atoms with E-state index in [9.17, 15) is 9.59 Å². The fourth-order valence-corrected chi connectivity index (χ4v) is 4.20. The molecule has 0 aliphatic carbocycles. The molecule has 0 radical (unpaired) electrons. The van der Waals surface area contributed by atoms with Crippen LogP contribution in [0.3, 0.4) is 0 Å². The van der Waals surface area contributed by atoms with E-state index in [1.165, 1.54) is 11.3 Å². The van der Waals surface area contributed by atoms with Crippen LogP contribution in [0.1, 0.15) is 38.8 Å². The Balaban J connectivity index is 1.45. The fraction of sp³-hybridized carbons (Fsp3) is 0.238. The Labute approximate surface area is 177 Å². The zero-order valence-electron chi connectivity index (χ0n) is 16.0. The van der Waals surface area contributed by atoms with Crippen LogP contribution < -0.4 is 10.2 Å². The Morgan fingerprint density at radius 2 is 1.93 bits per heavy atom. The Hall–Kier alpha value is -2.77. The lowest BCUT2D eigenvalue weighted by Gasteiger charge is -2.17. The number of halogens is 1. The van der Waals surface area contributed by atoms with Gasteiger partial charge in [-0.05, 0) is 43.7 Å². The zero-order valence-corrected chi connectivity index (χ0v) is 17.5. The molecule has 29 heavy (non-hydrogen) atoms. The maximum Gasteiger partial charge on any atom is 0.257 e. The van der Waals surface area contributed by atoms with E-state index in [0.717, 1.165) is 21.8 Å². The molecule has 2 heterocycles. The van der Waals surface area contributed by atoms with Crippen LogP contribution in [0.5, 0.6) is 0 Å². The highest BCUT2D eigenvalue weighted by atomic mass is 35.5. The largest absolute Gasteiger partial charge is 0.312 e. The van der Waals surface area contributed by atoms with E-state index in [-0.39, 0.29) is 17.7 Å². The summed E-state index contributed by atoms with van der Waals surface area (Å²) in [6.45, 7) is 4.41. The van der Waals surface area contributed by atoms with Crippen molar-refractivity contribution in [2.75, 3.05) is 16.8 Å². The number of carbonyl (C=O) groups is 2. The average molecular weight is 427 g/mol. The normalized spacial score (nSPS) is 16.3. The first kappa shape index (κ1) is 19.5. The maximum atomic E-state index is 12.5. The van der Waals surface area contributed by atoms with E-state index < -0.39 is 0 Å². The lowest BCUT2D eigenvalue weighted by molar-refractivity contribution is -0.117. The molecular formula is C21H19ClN4O2S. The molecule has 148 valence electrons. The molecule has 0 saturated carbocycles. The Kier molecular flexibility index (Phi) is 5.34. The highest BCUT2D eigenvalue weighted by Crippen LogP contribution is 2.35. The number of hydrogen-bond donors (Lipinski definition) is 1. The SMILES string of the molecule is Cc1ccc(C(=O)Nc2nnc(C3CC(=O)N(c4ccc(C)c(Cl)c4)C3)s2)cc1. The summed E-state index contributed by atoms with van der Waals surface area (Å²) < 4.78 is 0. The van der Waals surface area contributed by atoms with Gasteiger partial charge in [-0.2, -0.15) is 0 Å². The van der Waals surface area contributed by atoms with Crippen molar-refractivity contribution in [2.24, 2.45) is 0 Å². The molecule has 1 aliphatic rings. The molecular weight excluding hydrogens is 408 g/mol. The van der Waals surface area contributed by atoms with Crippen LogP contribution in [0, 0.1) is 13.8 Å². The minimum atomic E-state index is -0.230. The number of nitrogens with zero attached hydrogens (tertiary/aromatic N) is 3. The lowest BCUT2D eigenvalue weighted by Crippen LogP contribution is -2.24. The number of aromatic nitrogens is 2. The van der Waals surface area contributed by atoms with Gasteiger partial charge in [-0.25, -0.2) is 0 Å². The number of benzene rings is 2. The van der Waals surface area contributed by atoms with Gasteiger partial charge >= 0.3 is 0 Å². The molecule has 1 N–H and O–H groups in total. The van der Waals surface area contributed by atoms with Crippen molar-refractivity contribution >= 4 is 45.6 Å². The summed E-state index contributed by atoms with van der Waals surface area (Å²) in [5, 5.41) is 12.9. The number of amides is 2. The molecule has 1 saturated heterocycles. The van der Waals surface area contributed by atoms with Gasteiger partial charge in [0.1, 0.15) is 5.01 Å². The summed E-state index contributed by atoms with van der Waals surface area (Å²) in [5.74, 6) is -0.272. The lowest BCUT2D eigenvalue weighted by atomic mass is 10.1. The van der Waals surface area contributed by atoms with Crippen molar-refractivity contribution in [1.82, 2.24) is 10.2 Å². The first-order valence-corrected chi connectivity index (χ1v) is 10.4. The predicted octanol–water partition coefficient (Wildman–Crippen LogP) is 4.58. The molecule has 2 aromatic carbocycles. The molecule has 0 bridgehead atoms.